The molecule has 0 amide bonds. The summed E-state index contributed by atoms with van der Waals surface area (Å²) in [6.45, 7) is -0.319. The molecule has 1 heterocycles. The summed E-state index contributed by atoms with van der Waals surface area (Å²) in [5, 5.41) is 10.1. The van der Waals surface area contributed by atoms with E-state index >= 15 is 0 Å². The molecule has 0 saturated heterocycles. The summed E-state index contributed by atoms with van der Waals surface area (Å²) in [6.07, 6.45) is 0. The maximum atomic E-state index is 13.0. The fourth-order valence-electron chi connectivity index (χ4n) is 1.41. The Hall–Kier alpha value is -1.58. The predicted molar refractivity (Wildman–Crippen MR) is 67.4 cm³/mol. The minimum atomic E-state index is -4.06. The molecule has 0 aliphatic heterocycles. The van der Waals surface area contributed by atoms with Crippen LogP contribution in [0.25, 0.3) is 0 Å². The maximum Gasteiger partial charge on any atom is 0.262 e. The van der Waals surface area contributed by atoms with Crippen LogP contribution in [-0.4, -0.2) is 13.5 Å². The standard InChI is InChI=1S/C11H8F3NO3S2/c12-9-1-6(2-10(13)11(9)14)15-20(17,18)8-3-7(4-16)19-5-8/h1-3,5,15-16H,4H2. The van der Waals surface area contributed by atoms with Crippen LogP contribution in [0.1, 0.15) is 4.88 Å². The van der Waals surface area contributed by atoms with E-state index in [1.54, 1.807) is 0 Å². The summed E-state index contributed by atoms with van der Waals surface area (Å²) >= 11 is 1.02. The monoisotopic (exact) mass is 323 g/mol. The molecular weight excluding hydrogens is 315 g/mol. The van der Waals surface area contributed by atoms with Gasteiger partial charge in [-0.05, 0) is 6.07 Å². The van der Waals surface area contributed by atoms with E-state index in [9.17, 15) is 21.6 Å². The third kappa shape index (κ3) is 2.94. The minimum Gasteiger partial charge on any atom is -0.391 e. The van der Waals surface area contributed by atoms with Crippen LogP contribution in [0, 0.1) is 17.5 Å². The van der Waals surface area contributed by atoms with Gasteiger partial charge in [0.05, 0.1) is 17.2 Å². The molecular formula is C11H8F3NO3S2. The van der Waals surface area contributed by atoms with Crippen molar-refractivity contribution in [2.24, 2.45) is 0 Å². The molecule has 2 rings (SSSR count). The number of aliphatic hydroxyl groups excluding tert-OH is 1. The average Bonchev–Trinajstić information content (AvgIpc) is 2.85. The van der Waals surface area contributed by atoms with Gasteiger partial charge in [-0.25, -0.2) is 21.6 Å². The third-order valence-corrected chi connectivity index (χ3v) is 4.76. The number of nitrogens with one attached hydrogen (secondary N) is 1. The van der Waals surface area contributed by atoms with Gasteiger partial charge in [-0.15, -0.1) is 11.3 Å². The number of benzene rings is 1. The summed E-state index contributed by atoms with van der Waals surface area (Å²) in [5.74, 6) is -4.67. The number of anilines is 1. The molecule has 0 radical (unpaired) electrons. The van der Waals surface area contributed by atoms with Crippen molar-refractivity contribution in [2.75, 3.05) is 4.72 Å². The molecule has 0 atom stereocenters. The number of hydrogen-bond donors (Lipinski definition) is 2. The summed E-state index contributed by atoms with van der Waals surface area (Å²) in [5.41, 5.74) is -0.432. The van der Waals surface area contributed by atoms with Crippen LogP contribution in [0.4, 0.5) is 18.9 Å². The minimum absolute atomic E-state index is 0.156. The Kier molecular flexibility index (Phi) is 4.02. The molecule has 0 saturated carbocycles. The van der Waals surface area contributed by atoms with E-state index in [1.807, 2.05) is 4.72 Å². The summed E-state index contributed by atoms with van der Waals surface area (Å²) in [6, 6.07) is 2.30. The molecule has 4 nitrogen and oxygen atoms in total. The van der Waals surface area contributed by atoms with E-state index in [2.05, 4.69) is 0 Å². The SMILES string of the molecule is O=S(=O)(Nc1cc(F)c(F)c(F)c1)c1csc(CO)c1. The molecule has 0 unspecified atom stereocenters. The van der Waals surface area contributed by atoms with Crippen LogP contribution < -0.4 is 4.72 Å². The van der Waals surface area contributed by atoms with Gasteiger partial charge >= 0.3 is 0 Å². The normalized spacial score (nSPS) is 11.6. The van der Waals surface area contributed by atoms with E-state index in [-0.39, 0.29) is 11.5 Å². The van der Waals surface area contributed by atoms with Gasteiger partial charge in [0, 0.05) is 22.4 Å². The van der Waals surface area contributed by atoms with Crippen molar-refractivity contribution < 1.29 is 26.7 Å². The molecule has 2 aromatic rings. The van der Waals surface area contributed by atoms with Gasteiger partial charge < -0.3 is 5.11 Å². The van der Waals surface area contributed by atoms with E-state index in [4.69, 9.17) is 5.11 Å². The molecule has 1 aromatic carbocycles. The van der Waals surface area contributed by atoms with E-state index in [1.165, 1.54) is 11.4 Å². The topological polar surface area (TPSA) is 66.4 Å². The Morgan fingerprint density at radius 3 is 2.25 bits per heavy atom. The number of rotatable bonds is 4. The Morgan fingerprint density at radius 2 is 1.75 bits per heavy atom. The number of aliphatic hydroxyl groups is 1. The lowest BCUT2D eigenvalue weighted by molar-refractivity contribution is 0.285. The first-order valence-electron chi connectivity index (χ1n) is 5.19. The Bertz CT molecular complexity index is 720. The van der Waals surface area contributed by atoms with Crippen molar-refractivity contribution in [2.45, 2.75) is 11.5 Å². The average molecular weight is 323 g/mol. The number of halogens is 3. The first-order chi connectivity index (χ1) is 9.33. The molecule has 0 bridgehead atoms. The zero-order valence-electron chi connectivity index (χ0n) is 9.73. The van der Waals surface area contributed by atoms with Crippen molar-refractivity contribution in [3.05, 3.63) is 45.9 Å². The van der Waals surface area contributed by atoms with Crippen molar-refractivity contribution >= 4 is 27.0 Å². The first kappa shape index (κ1) is 14.8. The summed E-state index contributed by atoms with van der Waals surface area (Å²) < 4.78 is 64.5. The summed E-state index contributed by atoms with van der Waals surface area (Å²) in [7, 11) is -4.06. The Morgan fingerprint density at radius 1 is 1.15 bits per heavy atom. The largest absolute Gasteiger partial charge is 0.391 e. The smallest absolute Gasteiger partial charge is 0.262 e. The highest BCUT2D eigenvalue weighted by molar-refractivity contribution is 7.92. The van der Waals surface area contributed by atoms with Crippen molar-refractivity contribution in [3.8, 4) is 0 Å². The van der Waals surface area contributed by atoms with Crippen LogP contribution in [0.5, 0.6) is 0 Å². The molecule has 20 heavy (non-hydrogen) atoms. The highest BCUT2D eigenvalue weighted by atomic mass is 32.2. The van der Waals surface area contributed by atoms with Crippen LogP contribution >= 0.6 is 11.3 Å². The van der Waals surface area contributed by atoms with Gasteiger partial charge in [0.15, 0.2) is 17.5 Å². The van der Waals surface area contributed by atoms with Crippen molar-refractivity contribution in [3.63, 3.8) is 0 Å². The summed E-state index contributed by atoms with van der Waals surface area (Å²) in [4.78, 5) is 0.263. The van der Waals surface area contributed by atoms with E-state index < -0.39 is 33.2 Å². The third-order valence-electron chi connectivity index (χ3n) is 2.33. The van der Waals surface area contributed by atoms with Crippen LogP contribution in [0.15, 0.2) is 28.5 Å². The lowest BCUT2D eigenvalue weighted by Gasteiger charge is -2.07. The quantitative estimate of drug-likeness (QED) is 0.850. The molecule has 0 aliphatic rings. The molecule has 0 aliphatic carbocycles. The van der Waals surface area contributed by atoms with Gasteiger partial charge in [-0.2, -0.15) is 0 Å². The molecule has 1 aromatic heterocycles. The number of sulfonamides is 1. The maximum absolute atomic E-state index is 13.0. The number of hydrogen-bond acceptors (Lipinski definition) is 4. The molecule has 0 fully saturated rings. The zero-order valence-corrected chi connectivity index (χ0v) is 11.4. The fraction of sp³-hybridized carbons (Fsp3) is 0.0909. The van der Waals surface area contributed by atoms with Crippen LogP contribution in [0.2, 0.25) is 0 Å². The molecule has 9 heteroatoms. The van der Waals surface area contributed by atoms with Crippen molar-refractivity contribution in [1.29, 1.82) is 0 Å². The molecule has 2 N–H and O–H groups in total. The lowest BCUT2D eigenvalue weighted by atomic mass is 10.3. The van der Waals surface area contributed by atoms with Gasteiger partial charge in [-0.3, -0.25) is 4.72 Å². The lowest BCUT2D eigenvalue weighted by Crippen LogP contribution is -2.13. The van der Waals surface area contributed by atoms with Gasteiger partial charge in [0.2, 0.25) is 0 Å². The zero-order chi connectivity index (χ0) is 14.9. The second kappa shape index (κ2) is 5.43. The predicted octanol–water partition coefficient (Wildman–Crippen LogP) is 2.46. The van der Waals surface area contributed by atoms with E-state index in [0.717, 1.165) is 11.3 Å². The van der Waals surface area contributed by atoms with Gasteiger partial charge in [-0.1, -0.05) is 0 Å². The molecule has 108 valence electrons. The second-order valence-corrected chi connectivity index (χ2v) is 6.44. The van der Waals surface area contributed by atoms with Crippen LogP contribution in [-0.2, 0) is 16.6 Å². The Labute approximate surface area is 116 Å². The Balaban J connectivity index is 2.33. The van der Waals surface area contributed by atoms with Crippen LogP contribution in [0.3, 0.4) is 0 Å². The highest BCUT2D eigenvalue weighted by Crippen LogP contribution is 2.24. The fourth-order valence-corrected chi connectivity index (χ4v) is 3.59. The van der Waals surface area contributed by atoms with Gasteiger partial charge in [0.25, 0.3) is 10.0 Å². The number of thiophene rings is 1. The van der Waals surface area contributed by atoms with Crippen molar-refractivity contribution in [1.82, 2.24) is 0 Å². The van der Waals surface area contributed by atoms with E-state index in [0.29, 0.717) is 17.0 Å². The van der Waals surface area contributed by atoms with Gasteiger partial charge in [0.1, 0.15) is 0 Å². The molecule has 0 spiro atoms. The first-order valence-corrected chi connectivity index (χ1v) is 7.55. The highest BCUT2D eigenvalue weighted by Gasteiger charge is 2.18. The second-order valence-electron chi connectivity index (χ2n) is 3.77.